The zero-order valence-corrected chi connectivity index (χ0v) is 12.1. The summed E-state index contributed by atoms with van der Waals surface area (Å²) in [4.78, 5) is 2.57. The number of benzene rings is 1. The molecule has 0 aliphatic rings. The molecule has 3 rings (SSSR count). The molecular weight excluding hydrogens is 312 g/mol. The molecule has 0 spiro atoms. The monoisotopic (exact) mass is 320 g/mol. The van der Waals surface area contributed by atoms with Gasteiger partial charge in [-0.1, -0.05) is 18.2 Å². The number of hydrogen-bond donors (Lipinski definition) is 0. The van der Waals surface area contributed by atoms with Crippen molar-refractivity contribution in [1.29, 1.82) is 0 Å². The van der Waals surface area contributed by atoms with Crippen molar-refractivity contribution in [3.05, 3.63) is 56.0 Å². The van der Waals surface area contributed by atoms with Gasteiger partial charge >= 0.3 is 0 Å². The van der Waals surface area contributed by atoms with E-state index in [1.807, 2.05) is 11.3 Å². The Hall–Kier alpha value is -0.900. The predicted octanol–water partition coefficient (Wildman–Crippen LogP) is 5.90. The van der Waals surface area contributed by atoms with Crippen LogP contribution in [-0.4, -0.2) is 0 Å². The smallest absolute Gasteiger partial charge is 0.0704 e. The van der Waals surface area contributed by atoms with E-state index in [0.717, 1.165) is 0 Å². The third kappa shape index (κ3) is 2.51. The van der Waals surface area contributed by atoms with Crippen LogP contribution in [0.1, 0.15) is 9.75 Å². The van der Waals surface area contributed by atoms with Crippen molar-refractivity contribution in [1.82, 2.24) is 0 Å². The molecule has 0 unspecified atom stereocenters. The molecule has 1 aromatic carbocycles. The van der Waals surface area contributed by atoms with Gasteiger partial charge in [-0.25, -0.2) is 0 Å². The largest absolute Gasteiger partial charge is 0.136 e. The Bertz CT molecular complexity index is 643. The highest BCUT2D eigenvalue weighted by Gasteiger charge is 1.98. The van der Waals surface area contributed by atoms with Gasteiger partial charge < -0.3 is 0 Å². The number of fused-ring (bicyclic) bond motifs is 1. The first-order chi connectivity index (χ1) is 8.31. The van der Waals surface area contributed by atoms with E-state index in [9.17, 15) is 0 Å². The van der Waals surface area contributed by atoms with Gasteiger partial charge in [0.1, 0.15) is 0 Å². The second kappa shape index (κ2) is 4.77. The number of hydrogen-bond acceptors (Lipinski definition) is 2. The van der Waals surface area contributed by atoms with E-state index in [-0.39, 0.29) is 0 Å². The molecule has 0 nitrogen and oxygen atoms in total. The lowest BCUT2D eigenvalue weighted by Crippen LogP contribution is -1.58. The summed E-state index contributed by atoms with van der Waals surface area (Å²) in [5.41, 5.74) is 0. The SMILES string of the molecule is Brc1ccc(C=Cc2cc3ccccc3s2)s1. The molecule has 2 aromatic heterocycles. The van der Waals surface area contributed by atoms with Crippen molar-refractivity contribution in [3.8, 4) is 0 Å². The number of rotatable bonds is 2. The molecule has 0 saturated carbocycles. The van der Waals surface area contributed by atoms with Crippen LogP contribution < -0.4 is 0 Å². The fraction of sp³-hybridized carbons (Fsp3) is 0. The van der Waals surface area contributed by atoms with Crippen molar-refractivity contribution >= 4 is 60.8 Å². The molecule has 0 aliphatic carbocycles. The van der Waals surface area contributed by atoms with E-state index in [1.54, 1.807) is 11.3 Å². The zero-order valence-electron chi connectivity index (χ0n) is 8.89. The third-order valence-electron chi connectivity index (χ3n) is 2.45. The van der Waals surface area contributed by atoms with Crippen molar-refractivity contribution in [2.24, 2.45) is 0 Å². The molecule has 0 aliphatic heterocycles. The highest BCUT2D eigenvalue weighted by molar-refractivity contribution is 9.11. The second-order valence-electron chi connectivity index (χ2n) is 3.66. The summed E-state index contributed by atoms with van der Waals surface area (Å²) in [6, 6.07) is 14.9. The summed E-state index contributed by atoms with van der Waals surface area (Å²) in [6.07, 6.45) is 4.35. The average molecular weight is 321 g/mol. The highest BCUT2D eigenvalue weighted by Crippen LogP contribution is 2.28. The van der Waals surface area contributed by atoms with Gasteiger partial charge in [0.15, 0.2) is 0 Å². The first-order valence-corrected chi connectivity index (χ1v) is 7.66. The van der Waals surface area contributed by atoms with Gasteiger partial charge in [0.25, 0.3) is 0 Å². The van der Waals surface area contributed by atoms with Gasteiger partial charge in [0, 0.05) is 14.5 Å². The normalized spacial score (nSPS) is 11.6. The summed E-state index contributed by atoms with van der Waals surface area (Å²) >= 11 is 7.05. The Morgan fingerprint density at radius 3 is 2.47 bits per heavy atom. The Kier molecular flexibility index (Phi) is 3.14. The quantitative estimate of drug-likeness (QED) is 0.551. The van der Waals surface area contributed by atoms with E-state index >= 15 is 0 Å². The summed E-state index contributed by atoms with van der Waals surface area (Å²) in [5.74, 6) is 0. The summed E-state index contributed by atoms with van der Waals surface area (Å²) in [6.45, 7) is 0. The first-order valence-electron chi connectivity index (χ1n) is 5.23. The van der Waals surface area contributed by atoms with Crippen molar-refractivity contribution < 1.29 is 0 Å². The van der Waals surface area contributed by atoms with E-state index in [0.29, 0.717) is 0 Å². The average Bonchev–Trinajstić information content (AvgIpc) is 2.91. The van der Waals surface area contributed by atoms with Crippen LogP contribution in [-0.2, 0) is 0 Å². The molecule has 17 heavy (non-hydrogen) atoms. The van der Waals surface area contributed by atoms with Gasteiger partial charge in [-0.2, -0.15) is 0 Å². The Balaban J connectivity index is 1.92. The van der Waals surface area contributed by atoms with Crippen LogP contribution in [0.15, 0.2) is 46.3 Å². The van der Waals surface area contributed by atoms with Crippen molar-refractivity contribution in [2.45, 2.75) is 0 Å². The van der Waals surface area contributed by atoms with Crippen LogP contribution in [0.4, 0.5) is 0 Å². The van der Waals surface area contributed by atoms with Crippen LogP contribution in [0.2, 0.25) is 0 Å². The maximum absolute atomic E-state index is 3.47. The lowest BCUT2D eigenvalue weighted by Gasteiger charge is -1.83. The molecule has 0 amide bonds. The molecule has 3 heteroatoms. The van der Waals surface area contributed by atoms with E-state index in [4.69, 9.17) is 0 Å². The van der Waals surface area contributed by atoms with Crippen LogP contribution in [0, 0.1) is 0 Å². The topological polar surface area (TPSA) is 0 Å². The Labute approximate surface area is 116 Å². The number of halogens is 1. The third-order valence-corrected chi connectivity index (χ3v) is 5.12. The van der Waals surface area contributed by atoms with E-state index < -0.39 is 0 Å². The van der Waals surface area contributed by atoms with Gasteiger partial charge in [-0.05, 0) is 57.7 Å². The molecule has 0 radical (unpaired) electrons. The molecule has 0 N–H and O–H groups in total. The second-order valence-corrected chi connectivity index (χ2v) is 7.27. The molecule has 3 aromatic rings. The van der Waals surface area contributed by atoms with Gasteiger partial charge in [-0.3, -0.25) is 0 Å². The summed E-state index contributed by atoms with van der Waals surface area (Å²) in [7, 11) is 0. The molecular formula is C14H9BrS2. The van der Waals surface area contributed by atoms with Gasteiger partial charge in [0.05, 0.1) is 3.79 Å². The summed E-state index contributed by atoms with van der Waals surface area (Å²) < 4.78 is 2.52. The lowest BCUT2D eigenvalue weighted by molar-refractivity contribution is 1.85. The molecule has 0 bridgehead atoms. The molecule has 0 atom stereocenters. The minimum atomic E-state index is 1.17. The molecule has 0 fully saturated rings. The fourth-order valence-corrected chi connectivity index (χ4v) is 3.96. The minimum absolute atomic E-state index is 1.17. The van der Waals surface area contributed by atoms with Crippen LogP contribution >= 0.6 is 38.6 Å². The minimum Gasteiger partial charge on any atom is -0.136 e. The summed E-state index contributed by atoms with van der Waals surface area (Å²) in [5, 5.41) is 1.32. The number of thiophene rings is 2. The van der Waals surface area contributed by atoms with E-state index in [1.165, 1.54) is 23.6 Å². The Morgan fingerprint density at radius 2 is 1.71 bits per heavy atom. The van der Waals surface area contributed by atoms with Gasteiger partial charge in [0.2, 0.25) is 0 Å². The zero-order chi connectivity index (χ0) is 11.7. The van der Waals surface area contributed by atoms with E-state index in [2.05, 4.69) is 70.5 Å². The van der Waals surface area contributed by atoms with Crippen molar-refractivity contribution in [2.75, 3.05) is 0 Å². The lowest BCUT2D eigenvalue weighted by atomic mass is 10.2. The standard InChI is InChI=1S/C14H9BrS2/c15-14-8-7-11(17-14)5-6-12-9-10-3-1-2-4-13(10)16-12/h1-9H. The molecule has 84 valence electrons. The highest BCUT2D eigenvalue weighted by atomic mass is 79.9. The Morgan fingerprint density at radius 1 is 0.882 bits per heavy atom. The molecule has 2 heterocycles. The van der Waals surface area contributed by atoms with Crippen LogP contribution in [0.25, 0.3) is 22.2 Å². The van der Waals surface area contributed by atoms with Gasteiger partial charge in [-0.15, -0.1) is 22.7 Å². The first kappa shape index (κ1) is 11.2. The molecule has 0 saturated heterocycles. The van der Waals surface area contributed by atoms with Crippen LogP contribution in [0.5, 0.6) is 0 Å². The maximum Gasteiger partial charge on any atom is 0.0704 e. The predicted molar refractivity (Wildman–Crippen MR) is 82.8 cm³/mol. The van der Waals surface area contributed by atoms with Crippen molar-refractivity contribution in [3.63, 3.8) is 0 Å². The maximum atomic E-state index is 3.47. The van der Waals surface area contributed by atoms with Crippen LogP contribution in [0.3, 0.4) is 0 Å². The fourth-order valence-electron chi connectivity index (χ4n) is 1.67.